The van der Waals surface area contributed by atoms with Crippen molar-refractivity contribution in [2.45, 2.75) is 25.8 Å². The number of hydrogen-bond donors (Lipinski definition) is 2. The molecule has 0 saturated heterocycles. The average Bonchev–Trinajstić information content (AvgIpc) is 2.18. The Kier molecular flexibility index (Phi) is 4.52. The zero-order chi connectivity index (χ0) is 11.3. The van der Waals surface area contributed by atoms with Gasteiger partial charge in [0.25, 0.3) is 0 Å². The van der Waals surface area contributed by atoms with E-state index >= 15 is 0 Å². The molecule has 4 nitrogen and oxygen atoms in total. The van der Waals surface area contributed by atoms with Crippen LogP contribution in [0.2, 0.25) is 5.15 Å². The van der Waals surface area contributed by atoms with Gasteiger partial charge in [-0.2, -0.15) is 0 Å². The summed E-state index contributed by atoms with van der Waals surface area (Å²) in [4.78, 5) is 15.3. The normalized spacial score (nSPS) is 12.2. The molecule has 1 aromatic heterocycles. The molecule has 0 aliphatic rings. The van der Waals surface area contributed by atoms with Gasteiger partial charge in [0.2, 0.25) is 5.91 Å². The first-order valence-corrected chi connectivity index (χ1v) is 5.13. The largest absolute Gasteiger partial charge is 0.328 e. The molecule has 0 radical (unpaired) electrons. The quantitative estimate of drug-likeness (QED) is 0.771. The lowest BCUT2D eigenvalue weighted by molar-refractivity contribution is -0.116. The fraction of sp³-hybridized carbons (Fsp3) is 0.400. The average molecular weight is 228 g/mol. The molecule has 0 saturated carbocycles. The Morgan fingerprint density at radius 3 is 3.07 bits per heavy atom. The third-order valence-corrected chi connectivity index (χ3v) is 2.16. The summed E-state index contributed by atoms with van der Waals surface area (Å²) in [7, 11) is 0. The summed E-state index contributed by atoms with van der Waals surface area (Å²) in [5.74, 6) is -0.0952. The Labute approximate surface area is 93.8 Å². The van der Waals surface area contributed by atoms with E-state index in [1.807, 2.05) is 6.92 Å². The number of nitrogens with two attached hydrogens (primary N) is 1. The van der Waals surface area contributed by atoms with Crippen molar-refractivity contribution in [1.82, 2.24) is 4.98 Å². The highest BCUT2D eigenvalue weighted by Crippen LogP contribution is 2.17. The molecular weight excluding hydrogens is 214 g/mol. The molecule has 1 rings (SSSR count). The SMILES string of the molecule is CC(N)CCC(=O)Nc1cccnc1Cl. The molecule has 0 aliphatic heterocycles. The zero-order valence-corrected chi connectivity index (χ0v) is 9.29. The van der Waals surface area contributed by atoms with Gasteiger partial charge < -0.3 is 11.1 Å². The lowest BCUT2D eigenvalue weighted by Gasteiger charge is -2.07. The van der Waals surface area contributed by atoms with Crippen LogP contribution in [-0.4, -0.2) is 16.9 Å². The predicted octanol–water partition coefficient (Wildman–Crippen LogP) is 1.80. The summed E-state index contributed by atoms with van der Waals surface area (Å²) in [5, 5.41) is 2.97. The molecule has 1 amide bonds. The Hall–Kier alpha value is -1.13. The number of carbonyl (C=O) groups is 1. The van der Waals surface area contributed by atoms with Gasteiger partial charge in [0, 0.05) is 18.7 Å². The fourth-order valence-corrected chi connectivity index (χ4v) is 1.22. The van der Waals surface area contributed by atoms with Gasteiger partial charge in [-0.3, -0.25) is 4.79 Å². The highest BCUT2D eigenvalue weighted by Gasteiger charge is 2.06. The van der Waals surface area contributed by atoms with E-state index in [9.17, 15) is 4.79 Å². The number of anilines is 1. The molecule has 5 heteroatoms. The van der Waals surface area contributed by atoms with Crippen LogP contribution in [0.25, 0.3) is 0 Å². The van der Waals surface area contributed by atoms with Gasteiger partial charge in [0.1, 0.15) is 0 Å². The third kappa shape index (κ3) is 4.27. The molecule has 0 fully saturated rings. The fourth-order valence-electron chi connectivity index (χ4n) is 1.05. The third-order valence-electron chi connectivity index (χ3n) is 1.86. The topological polar surface area (TPSA) is 68.0 Å². The second kappa shape index (κ2) is 5.68. The molecule has 82 valence electrons. The number of nitrogens with zero attached hydrogens (tertiary/aromatic N) is 1. The minimum Gasteiger partial charge on any atom is -0.328 e. The first-order valence-electron chi connectivity index (χ1n) is 4.75. The maximum Gasteiger partial charge on any atom is 0.224 e. The van der Waals surface area contributed by atoms with Crippen molar-refractivity contribution < 1.29 is 4.79 Å². The number of amides is 1. The van der Waals surface area contributed by atoms with Crippen LogP contribution in [0.3, 0.4) is 0 Å². The molecule has 1 atom stereocenters. The van der Waals surface area contributed by atoms with Crippen LogP contribution in [0.15, 0.2) is 18.3 Å². The van der Waals surface area contributed by atoms with Crippen molar-refractivity contribution in [3.63, 3.8) is 0 Å². The van der Waals surface area contributed by atoms with E-state index in [0.29, 0.717) is 23.7 Å². The lowest BCUT2D eigenvalue weighted by Crippen LogP contribution is -2.19. The second-order valence-electron chi connectivity index (χ2n) is 3.41. The summed E-state index contributed by atoms with van der Waals surface area (Å²) in [6.07, 6.45) is 2.62. The van der Waals surface area contributed by atoms with Gasteiger partial charge in [0.05, 0.1) is 5.69 Å². The van der Waals surface area contributed by atoms with E-state index in [4.69, 9.17) is 17.3 Å². The number of rotatable bonds is 4. The summed E-state index contributed by atoms with van der Waals surface area (Å²) in [5.41, 5.74) is 6.08. The summed E-state index contributed by atoms with van der Waals surface area (Å²) in [6.45, 7) is 1.87. The first-order chi connectivity index (χ1) is 7.09. The number of aromatic nitrogens is 1. The first kappa shape index (κ1) is 11.9. The maximum absolute atomic E-state index is 11.4. The van der Waals surface area contributed by atoms with Crippen LogP contribution in [0, 0.1) is 0 Å². The number of carbonyl (C=O) groups excluding carboxylic acids is 1. The van der Waals surface area contributed by atoms with Crippen LogP contribution in [0.4, 0.5) is 5.69 Å². The Morgan fingerprint density at radius 2 is 2.47 bits per heavy atom. The minimum absolute atomic E-state index is 0.0279. The van der Waals surface area contributed by atoms with Crippen LogP contribution in [0.1, 0.15) is 19.8 Å². The van der Waals surface area contributed by atoms with E-state index < -0.39 is 0 Å². The van der Waals surface area contributed by atoms with Gasteiger partial charge >= 0.3 is 0 Å². The van der Waals surface area contributed by atoms with Gasteiger partial charge in [0.15, 0.2) is 5.15 Å². The molecule has 0 aliphatic carbocycles. The Bertz CT molecular complexity index is 341. The van der Waals surface area contributed by atoms with Crippen molar-refractivity contribution >= 4 is 23.2 Å². The van der Waals surface area contributed by atoms with E-state index in [1.54, 1.807) is 18.3 Å². The van der Waals surface area contributed by atoms with Crippen molar-refractivity contribution in [3.05, 3.63) is 23.5 Å². The minimum atomic E-state index is -0.0952. The van der Waals surface area contributed by atoms with Crippen molar-refractivity contribution in [2.24, 2.45) is 5.73 Å². The van der Waals surface area contributed by atoms with Crippen LogP contribution in [-0.2, 0) is 4.79 Å². The highest BCUT2D eigenvalue weighted by molar-refractivity contribution is 6.32. The molecule has 1 aromatic rings. The van der Waals surface area contributed by atoms with Crippen LogP contribution >= 0.6 is 11.6 Å². The number of nitrogens with one attached hydrogen (secondary N) is 1. The summed E-state index contributed by atoms with van der Waals surface area (Å²) >= 11 is 5.78. The maximum atomic E-state index is 11.4. The van der Waals surface area contributed by atoms with E-state index in [-0.39, 0.29) is 11.9 Å². The Morgan fingerprint density at radius 1 is 1.73 bits per heavy atom. The zero-order valence-electron chi connectivity index (χ0n) is 8.53. The monoisotopic (exact) mass is 227 g/mol. The summed E-state index contributed by atoms with van der Waals surface area (Å²) in [6, 6.07) is 3.45. The number of hydrogen-bond acceptors (Lipinski definition) is 3. The van der Waals surface area contributed by atoms with Gasteiger partial charge in [-0.25, -0.2) is 4.98 Å². The lowest BCUT2D eigenvalue weighted by atomic mass is 10.2. The molecular formula is C10H14ClN3O. The van der Waals surface area contributed by atoms with Crippen molar-refractivity contribution in [1.29, 1.82) is 0 Å². The van der Waals surface area contributed by atoms with E-state index in [1.165, 1.54) is 0 Å². The van der Waals surface area contributed by atoms with E-state index in [2.05, 4.69) is 10.3 Å². The number of halogens is 1. The highest BCUT2D eigenvalue weighted by atomic mass is 35.5. The molecule has 1 unspecified atom stereocenters. The molecule has 0 aromatic carbocycles. The number of pyridine rings is 1. The molecule has 0 spiro atoms. The van der Waals surface area contributed by atoms with Crippen molar-refractivity contribution in [3.8, 4) is 0 Å². The predicted molar refractivity (Wildman–Crippen MR) is 60.8 cm³/mol. The van der Waals surface area contributed by atoms with Crippen molar-refractivity contribution in [2.75, 3.05) is 5.32 Å². The molecule has 15 heavy (non-hydrogen) atoms. The standard InChI is InChI=1S/C10H14ClN3O/c1-7(12)4-5-9(15)14-8-3-2-6-13-10(8)11/h2-3,6-7H,4-5,12H2,1H3,(H,14,15). The van der Waals surface area contributed by atoms with Gasteiger partial charge in [-0.05, 0) is 25.5 Å². The molecule has 1 heterocycles. The Balaban J connectivity index is 2.48. The molecule has 3 N–H and O–H groups in total. The van der Waals surface area contributed by atoms with Gasteiger partial charge in [-0.15, -0.1) is 0 Å². The smallest absolute Gasteiger partial charge is 0.224 e. The van der Waals surface area contributed by atoms with Crippen LogP contribution in [0.5, 0.6) is 0 Å². The van der Waals surface area contributed by atoms with E-state index in [0.717, 1.165) is 0 Å². The van der Waals surface area contributed by atoms with Gasteiger partial charge in [-0.1, -0.05) is 11.6 Å². The summed E-state index contributed by atoms with van der Waals surface area (Å²) < 4.78 is 0. The molecule has 0 bridgehead atoms. The van der Waals surface area contributed by atoms with Crippen LogP contribution < -0.4 is 11.1 Å². The second-order valence-corrected chi connectivity index (χ2v) is 3.76.